The number of anilines is 1. The smallest absolute Gasteiger partial charge is 0.326 e. The number of carbonyl (C=O) groups is 2. The van der Waals surface area contributed by atoms with E-state index in [0.717, 1.165) is 48.2 Å². The average Bonchev–Trinajstić information content (AvgIpc) is 3.03. The molecule has 0 aliphatic carbocycles. The molecule has 2 aromatic carbocycles. The van der Waals surface area contributed by atoms with Crippen molar-refractivity contribution in [1.29, 1.82) is 0 Å². The van der Waals surface area contributed by atoms with Gasteiger partial charge < -0.3 is 10.2 Å². The Bertz CT molecular complexity index is 1130. The number of pyridine rings is 1. The summed E-state index contributed by atoms with van der Waals surface area (Å²) < 4.78 is 0. The maximum absolute atomic E-state index is 13.3. The van der Waals surface area contributed by atoms with E-state index >= 15 is 0 Å². The molecule has 5 rings (SSSR count). The highest BCUT2D eigenvalue weighted by atomic mass is 16.2. The van der Waals surface area contributed by atoms with Crippen LogP contribution in [0.25, 0.3) is 10.8 Å². The van der Waals surface area contributed by atoms with Crippen molar-refractivity contribution in [2.75, 3.05) is 37.7 Å². The maximum Gasteiger partial charge on any atom is 0.326 e. The normalized spacial score (nSPS) is 22.2. The van der Waals surface area contributed by atoms with E-state index in [1.54, 1.807) is 19.3 Å². The van der Waals surface area contributed by atoms with E-state index in [-0.39, 0.29) is 11.9 Å². The van der Waals surface area contributed by atoms with Crippen LogP contribution in [0.15, 0.2) is 67.0 Å². The number of fused-ring (bicyclic) bond motifs is 1. The predicted octanol–water partition coefficient (Wildman–Crippen LogP) is 2.78. The molecule has 2 saturated heterocycles. The molecule has 0 bridgehead atoms. The number of amides is 3. The molecule has 0 spiro atoms. The second-order valence-electron chi connectivity index (χ2n) is 8.30. The molecule has 1 N–H and O–H groups in total. The van der Waals surface area contributed by atoms with Crippen LogP contribution in [0.3, 0.4) is 0 Å². The number of aromatic nitrogens is 1. The van der Waals surface area contributed by atoms with Crippen LogP contribution in [0.4, 0.5) is 10.5 Å². The summed E-state index contributed by atoms with van der Waals surface area (Å²) in [6.07, 6.45) is 3.59. The zero-order valence-electron chi connectivity index (χ0n) is 17.5. The third-order valence-electron chi connectivity index (χ3n) is 6.34. The lowest BCUT2D eigenvalue weighted by molar-refractivity contribution is -0.132. The first-order valence-electron chi connectivity index (χ1n) is 10.6. The van der Waals surface area contributed by atoms with Crippen LogP contribution in [-0.4, -0.2) is 59.6 Å². The summed E-state index contributed by atoms with van der Waals surface area (Å²) in [5.74, 6) is -0.204. The van der Waals surface area contributed by atoms with Crippen LogP contribution in [-0.2, 0) is 10.3 Å². The first kappa shape index (κ1) is 19.5. The van der Waals surface area contributed by atoms with Crippen LogP contribution in [0.5, 0.6) is 0 Å². The van der Waals surface area contributed by atoms with Gasteiger partial charge in [0.1, 0.15) is 5.54 Å². The lowest BCUT2D eigenvalue weighted by atomic mass is 9.90. The monoisotopic (exact) mass is 415 g/mol. The third-order valence-corrected chi connectivity index (χ3v) is 6.34. The second kappa shape index (κ2) is 7.67. The number of piperazine rings is 1. The second-order valence-corrected chi connectivity index (χ2v) is 8.30. The van der Waals surface area contributed by atoms with Crippen molar-refractivity contribution in [1.82, 2.24) is 20.1 Å². The van der Waals surface area contributed by atoms with Gasteiger partial charge in [0.25, 0.3) is 5.91 Å². The first-order chi connectivity index (χ1) is 15.0. The number of rotatable bonds is 4. The Morgan fingerprint density at radius 2 is 1.65 bits per heavy atom. The number of hydrogen-bond donors (Lipinski definition) is 1. The van der Waals surface area contributed by atoms with Gasteiger partial charge in [-0.05, 0) is 41.5 Å². The molecule has 2 aliphatic heterocycles. The summed E-state index contributed by atoms with van der Waals surface area (Å²) in [6, 6.07) is 17.6. The van der Waals surface area contributed by atoms with Gasteiger partial charge in [0.2, 0.25) is 0 Å². The predicted molar refractivity (Wildman–Crippen MR) is 120 cm³/mol. The van der Waals surface area contributed by atoms with Gasteiger partial charge in [-0.2, -0.15) is 0 Å². The fourth-order valence-corrected chi connectivity index (χ4v) is 4.42. The molecule has 3 aromatic rings. The van der Waals surface area contributed by atoms with Gasteiger partial charge >= 0.3 is 6.03 Å². The molecule has 1 aromatic heterocycles. The van der Waals surface area contributed by atoms with E-state index in [4.69, 9.17) is 0 Å². The van der Waals surface area contributed by atoms with E-state index in [1.807, 2.05) is 54.6 Å². The van der Waals surface area contributed by atoms with Gasteiger partial charge in [0.15, 0.2) is 0 Å². The first-order valence-corrected chi connectivity index (χ1v) is 10.6. The Kier molecular flexibility index (Phi) is 4.82. The molecule has 0 unspecified atom stereocenters. The molecule has 7 heteroatoms. The van der Waals surface area contributed by atoms with E-state index < -0.39 is 5.54 Å². The van der Waals surface area contributed by atoms with E-state index in [9.17, 15) is 9.59 Å². The minimum atomic E-state index is -1.06. The van der Waals surface area contributed by atoms with E-state index in [0.29, 0.717) is 6.67 Å². The number of carbonyl (C=O) groups excluding carboxylic acids is 2. The Labute approximate surface area is 181 Å². The number of hydrogen-bond acceptors (Lipinski definition) is 5. The molecular formula is C24H25N5O2. The van der Waals surface area contributed by atoms with E-state index in [2.05, 4.69) is 20.1 Å². The summed E-state index contributed by atoms with van der Waals surface area (Å²) >= 11 is 0. The van der Waals surface area contributed by atoms with Gasteiger partial charge in [-0.25, -0.2) is 9.69 Å². The number of benzene rings is 2. The molecule has 3 heterocycles. The largest absolute Gasteiger partial charge is 0.369 e. The van der Waals surface area contributed by atoms with Crippen molar-refractivity contribution in [2.24, 2.45) is 0 Å². The molecule has 31 heavy (non-hydrogen) atoms. The quantitative estimate of drug-likeness (QED) is 0.664. The van der Waals surface area contributed by atoms with Crippen molar-refractivity contribution in [2.45, 2.75) is 12.5 Å². The Morgan fingerprint density at radius 3 is 2.39 bits per heavy atom. The zero-order valence-corrected chi connectivity index (χ0v) is 17.5. The summed E-state index contributed by atoms with van der Waals surface area (Å²) in [7, 11) is 0. The molecule has 0 saturated carbocycles. The Hall–Kier alpha value is -3.45. The van der Waals surface area contributed by atoms with Crippen molar-refractivity contribution in [3.63, 3.8) is 0 Å². The molecule has 2 fully saturated rings. The fourth-order valence-electron chi connectivity index (χ4n) is 4.42. The zero-order chi connectivity index (χ0) is 21.4. The van der Waals surface area contributed by atoms with Gasteiger partial charge in [-0.1, -0.05) is 36.4 Å². The van der Waals surface area contributed by atoms with Crippen molar-refractivity contribution < 1.29 is 9.59 Å². The van der Waals surface area contributed by atoms with Crippen molar-refractivity contribution in [3.05, 3.63) is 72.6 Å². The van der Waals surface area contributed by atoms with Crippen molar-refractivity contribution in [3.8, 4) is 0 Å². The summed E-state index contributed by atoms with van der Waals surface area (Å²) in [4.78, 5) is 35.9. The SMILES string of the molecule is C[C@@]1(c2ccc3ccccc3c2)NC(=O)N(CN2CCN(c3ccncc3)CC2)C1=O. The number of imide groups is 1. The molecule has 3 amide bonds. The summed E-state index contributed by atoms with van der Waals surface area (Å²) in [5.41, 5.74) is 0.892. The van der Waals surface area contributed by atoms with Gasteiger partial charge in [0.05, 0.1) is 6.67 Å². The minimum Gasteiger partial charge on any atom is -0.369 e. The number of urea groups is 1. The maximum atomic E-state index is 13.3. The fraction of sp³-hybridized carbons (Fsp3) is 0.292. The van der Waals surface area contributed by atoms with Crippen LogP contribution < -0.4 is 10.2 Å². The molecule has 1 atom stereocenters. The van der Waals surface area contributed by atoms with Crippen LogP contribution in [0.1, 0.15) is 12.5 Å². The van der Waals surface area contributed by atoms with Gasteiger partial charge in [-0.3, -0.25) is 14.7 Å². The Balaban J connectivity index is 1.29. The molecule has 2 aliphatic rings. The highest BCUT2D eigenvalue weighted by Crippen LogP contribution is 2.31. The highest BCUT2D eigenvalue weighted by molar-refractivity contribution is 6.07. The minimum absolute atomic E-state index is 0.204. The molecule has 7 nitrogen and oxygen atoms in total. The number of nitrogens with zero attached hydrogens (tertiary/aromatic N) is 4. The standard InChI is InChI=1S/C24H25N5O2/c1-24(20-7-6-18-4-2-3-5-19(18)16-20)22(30)29(23(31)26-24)17-27-12-14-28(15-13-27)21-8-10-25-11-9-21/h2-11,16H,12-15,17H2,1H3,(H,26,31)/t24-/m0/s1. The molecule has 0 radical (unpaired) electrons. The number of nitrogens with one attached hydrogen (secondary N) is 1. The Morgan fingerprint density at radius 1 is 0.935 bits per heavy atom. The topological polar surface area (TPSA) is 68.8 Å². The lowest BCUT2D eigenvalue weighted by Gasteiger charge is -2.37. The summed E-state index contributed by atoms with van der Waals surface area (Å²) in [5, 5.41) is 5.09. The van der Waals surface area contributed by atoms with Crippen LogP contribution in [0.2, 0.25) is 0 Å². The van der Waals surface area contributed by atoms with E-state index in [1.165, 1.54) is 4.90 Å². The van der Waals surface area contributed by atoms with Gasteiger partial charge in [0, 0.05) is 44.3 Å². The molecule has 158 valence electrons. The van der Waals surface area contributed by atoms with Crippen LogP contribution >= 0.6 is 0 Å². The lowest BCUT2D eigenvalue weighted by Crippen LogP contribution is -2.51. The van der Waals surface area contributed by atoms with Gasteiger partial charge in [-0.15, -0.1) is 0 Å². The van der Waals surface area contributed by atoms with Crippen molar-refractivity contribution >= 4 is 28.4 Å². The summed E-state index contributed by atoms with van der Waals surface area (Å²) in [6.45, 7) is 5.35. The molecular weight excluding hydrogens is 390 g/mol. The third kappa shape index (κ3) is 3.51. The average molecular weight is 415 g/mol. The van der Waals surface area contributed by atoms with Crippen LogP contribution in [0, 0.1) is 0 Å². The highest BCUT2D eigenvalue weighted by Gasteiger charge is 2.49.